The molecule has 0 radical (unpaired) electrons. The molecule has 0 spiro atoms. The van der Waals surface area contributed by atoms with Gasteiger partial charge in [0.15, 0.2) is 0 Å². The summed E-state index contributed by atoms with van der Waals surface area (Å²) in [6.07, 6.45) is 0. The van der Waals surface area contributed by atoms with Crippen LogP contribution in [0.25, 0.3) is 11.1 Å². The standard InChI is InChI=1S/C15H13IO2/c1-10-3-5-11(6-4-10)12-7-13(15(17)18-2)9-14(16)8-12/h3-9H,1-2H3. The molecular formula is C15H13IO2. The van der Waals surface area contributed by atoms with Gasteiger partial charge in [0.2, 0.25) is 0 Å². The number of ether oxygens (including phenoxy) is 1. The molecule has 0 aliphatic carbocycles. The molecule has 18 heavy (non-hydrogen) atoms. The summed E-state index contributed by atoms with van der Waals surface area (Å²) in [7, 11) is 1.40. The number of rotatable bonds is 2. The first kappa shape index (κ1) is 13.1. The molecule has 2 nitrogen and oxygen atoms in total. The van der Waals surface area contributed by atoms with E-state index in [1.54, 1.807) is 0 Å². The van der Waals surface area contributed by atoms with Crippen LogP contribution in [-0.4, -0.2) is 13.1 Å². The third kappa shape index (κ3) is 2.90. The summed E-state index contributed by atoms with van der Waals surface area (Å²) in [5.41, 5.74) is 3.93. The van der Waals surface area contributed by atoms with Crippen LogP contribution >= 0.6 is 22.6 Å². The van der Waals surface area contributed by atoms with Crippen molar-refractivity contribution < 1.29 is 9.53 Å². The molecule has 0 amide bonds. The maximum atomic E-state index is 11.6. The maximum Gasteiger partial charge on any atom is 0.337 e. The van der Waals surface area contributed by atoms with Gasteiger partial charge in [0, 0.05) is 3.57 Å². The van der Waals surface area contributed by atoms with Gasteiger partial charge in [-0.2, -0.15) is 0 Å². The lowest BCUT2D eigenvalue weighted by Crippen LogP contribution is -2.01. The Hall–Kier alpha value is -1.36. The van der Waals surface area contributed by atoms with Crippen LogP contribution in [0.4, 0.5) is 0 Å². The molecule has 0 aliphatic rings. The Morgan fingerprint density at radius 2 is 1.72 bits per heavy atom. The van der Waals surface area contributed by atoms with Crippen molar-refractivity contribution in [3.05, 3.63) is 57.2 Å². The Morgan fingerprint density at radius 3 is 2.33 bits per heavy atom. The first-order chi connectivity index (χ1) is 8.60. The summed E-state index contributed by atoms with van der Waals surface area (Å²) < 4.78 is 5.78. The van der Waals surface area contributed by atoms with Crippen LogP contribution in [0.2, 0.25) is 0 Å². The van der Waals surface area contributed by atoms with Crippen LogP contribution in [0.3, 0.4) is 0 Å². The Morgan fingerprint density at radius 1 is 1.06 bits per heavy atom. The molecule has 0 atom stereocenters. The van der Waals surface area contributed by atoms with Crippen molar-refractivity contribution in [3.63, 3.8) is 0 Å². The van der Waals surface area contributed by atoms with Crippen molar-refractivity contribution in [1.29, 1.82) is 0 Å². The second-order valence-electron chi connectivity index (χ2n) is 4.09. The summed E-state index contributed by atoms with van der Waals surface area (Å²) in [6, 6.07) is 14.0. The number of halogens is 1. The van der Waals surface area contributed by atoms with Gasteiger partial charge in [0.1, 0.15) is 0 Å². The van der Waals surface area contributed by atoms with Gasteiger partial charge >= 0.3 is 5.97 Å². The van der Waals surface area contributed by atoms with E-state index in [1.165, 1.54) is 12.7 Å². The second kappa shape index (κ2) is 5.52. The van der Waals surface area contributed by atoms with E-state index in [0.717, 1.165) is 14.7 Å². The molecular weight excluding hydrogens is 339 g/mol. The number of esters is 1. The Kier molecular flexibility index (Phi) is 4.01. The monoisotopic (exact) mass is 352 g/mol. The molecule has 0 bridgehead atoms. The molecule has 0 saturated carbocycles. The van der Waals surface area contributed by atoms with Gasteiger partial charge in [-0.3, -0.25) is 0 Å². The Labute approximate surface area is 120 Å². The minimum atomic E-state index is -0.304. The number of hydrogen-bond donors (Lipinski definition) is 0. The largest absolute Gasteiger partial charge is 0.465 e. The van der Waals surface area contributed by atoms with E-state index in [2.05, 4.69) is 59.8 Å². The van der Waals surface area contributed by atoms with E-state index in [1.807, 2.05) is 12.1 Å². The summed E-state index contributed by atoms with van der Waals surface area (Å²) in [4.78, 5) is 11.6. The first-order valence-corrected chi connectivity index (χ1v) is 6.64. The van der Waals surface area contributed by atoms with Gasteiger partial charge in [-0.25, -0.2) is 4.79 Å². The minimum Gasteiger partial charge on any atom is -0.465 e. The normalized spacial score (nSPS) is 10.2. The van der Waals surface area contributed by atoms with Crippen molar-refractivity contribution in [3.8, 4) is 11.1 Å². The van der Waals surface area contributed by atoms with Crippen molar-refractivity contribution >= 4 is 28.6 Å². The lowest BCUT2D eigenvalue weighted by atomic mass is 10.0. The summed E-state index contributed by atoms with van der Waals surface area (Å²) in [5.74, 6) is -0.304. The SMILES string of the molecule is COC(=O)c1cc(I)cc(-c2ccc(C)cc2)c1. The molecule has 0 unspecified atom stereocenters. The summed E-state index contributed by atoms with van der Waals surface area (Å²) in [5, 5.41) is 0. The van der Waals surface area contributed by atoms with Crippen molar-refractivity contribution in [2.45, 2.75) is 6.92 Å². The first-order valence-electron chi connectivity index (χ1n) is 5.56. The molecule has 2 aromatic carbocycles. The Bertz CT molecular complexity index is 574. The number of carbonyl (C=O) groups excluding carboxylic acids is 1. The quantitative estimate of drug-likeness (QED) is 0.602. The maximum absolute atomic E-state index is 11.6. The fourth-order valence-corrected chi connectivity index (χ4v) is 2.41. The van der Waals surface area contributed by atoms with Crippen molar-refractivity contribution in [2.75, 3.05) is 7.11 Å². The zero-order valence-electron chi connectivity index (χ0n) is 10.2. The van der Waals surface area contributed by atoms with Crippen LogP contribution in [-0.2, 0) is 4.74 Å². The van der Waals surface area contributed by atoms with E-state index in [-0.39, 0.29) is 5.97 Å². The topological polar surface area (TPSA) is 26.3 Å². The lowest BCUT2D eigenvalue weighted by molar-refractivity contribution is 0.0600. The zero-order chi connectivity index (χ0) is 13.1. The molecule has 0 fully saturated rings. The molecule has 0 N–H and O–H groups in total. The molecule has 2 aromatic rings. The average molecular weight is 352 g/mol. The van der Waals surface area contributed by atoms with Crippen LogP contribution in [0.1, 0.15) is 15.9 Å². The van der Waals surface area contributed by atoms with E-state index in [4.69, 9.17) is 4.74 Å². The third-order valence-corrected chi connectivity index (χ3v) is 3.33. The van der Waals surface area contributed by atoms with Crippen LogP contribution in [0, 0.1) is 10.5 Å². The highest BCUT2D eigenvalue weighted by atomic mass is 127. The molecule has 0 heterocycles. The molecule has 0 aliphatic heterocycles. The van der Waals surface area contributed by atoms with E-state index >= 15 is 0 Å². The number of hydrogen-bond acceptors (Lipinski definition) is 2. The molecule has 92 valence electrons. The van der Waals surface area contributed by atoms with Crippen molar-refractivity contribution in [1.82, 2.24) is 0 Å². The number of carbonyl (C=O) groups is 1. The zero-order valence-corrected chi connectivity index (χ0v) is 12.4. The average Bonchev–Trinajstić information content (AvgIpc) is 2.38. The van der Waals surface area contributed by atoms with Crippen LogP contribution in [0.15, 0.2) is 42.5 Å². The number of benzene rings is 2. The van der Waals surface area contributed by atoms with E-state index < -0.39 is 0 Å². The fraction of sp³-hybridized carbons (Fsp3) is 0.133. The fourth-order valence-electron chi connectivity index (χ4n) is 1.74. The predicted octanol–water partition coefficient (Wildman–Crippen LogP) is 4.05. The number of aryl methyl sites for hydroxylation is 1. The summed E-state index contributed by atoms with van der Waals surface area (Å²) in [6.45, 7) is 2.05. The molecule has 3 heteroatoms. The van der Waals surface area contributed by atoms with Gasteiger partial charge in [-0.15, -0.1) is 0 Å². The van der Waals surface area contributed by atoms with Gasteiger partial charge in [-0.1, -0.05) is 29.8 Å². The minimum absolute atomic E-state index is 0.304. The highest BCUT2D eigenvalue weighted by molar-refractivity contribution is 14.1. The summed E-state index contributed by atoms with van der Waals surface area (Å²) >= 11 is 2.21. The van der Waals surface area contributed by atoms with Gasteiger partial charge in [0.05, 0.1) is 12.7 Å². The van der Waals surface area contributed by atoms with E-state index in [0.29, 0.717) is 5.56 Å². The highest BCUT2D eigenvalue weighted by Gasteiger charge is 2.08. The molecule has 0 aromatic heterocycles. The highest BCUT2D eigenvalue weighted by Crippen LogP contribution is 2.24. The second-order valence-corrected chi connectivity index (χ2v) is 5.33. The van der Waals surface area contributed by atoms with Crippen molar-refractivity contribution in [2.24, 2.45) is 0 Å². The third-order valence-electron chi connectivity index (χ3n) is 2.70. The van der Waals surface area contributed by atoms with Gasteiger partial charge < -0.3 is 4.74 Å². The number of methoxy groups -OCH3 is 1. The predicted molar refractivity (Wildman–Crippen MR) is 80.7 cm³/mol. The van der Waals surface area contributed by atoms with Crippen LogP contribution < -0.4 is 0 Å². The molecule has 0 saturated heterocycles. The van der Waals surface area contributed by atoms with E-state index in [9.17, 15) is 4.79 Å². The molecule has 2 rings (SSSR count). The van der Waals surface area contributed by atoms with Gasteiger partial charge in [0.25, 0.3) is 0 Å². The Balaban J connectivity index is 2.48. The lowest BCUT2D eigenvalue weighted by Gasteiger charge is -2.06. The smallest absolute Gasteiger partial charge is 0.337 e. The van der Waals surface area contributed by atoms with Crippen LogP contribution in [0.5, 0.6) is 0 Å². The van der Waals surface area contributed by atoms with Gasteiger partial charge in [-0.05, 0) is 58.8 Å².